The lowest BCUT2D eigenvalue weighted by Crippen LogP contribution is -2.49. The third-order valence-corrected chi connectivity index (χ3v) is 8.71. The van der Waals surface area contributed by atoms with Crippen LogP contribution >= 0.6 is 0 Å². The van der Waals surface area contributed by atoms with E-state index in [0.717, 1.165) is 27.8 Å². The lowest BCUT2D eigenvalue weighted by molar-refractivity contribution is -0.142. The van der Waals surface area contributed by atoms with Crippen LogP contribution in [0.25, 0.3) is 11.1 Å². The molecule has 0 spiro atoms. The Morgan fingerprint density at radius 1 is 0.821 bits per heavy atom. The van der Waals surface area contributed by atoms with Gasteiger partial charge in [-0.25, -0.2) is 9.59 Å². The lowest BCUT2D eigenvalue weighted by Gasteiger charge is -2.32. The van der Waals surface area contributed by atoms with E-state index in [1.54, 1.807) is 0 Å². The Hall–Kier alpha value is -3.62. The topological polar surface area (TPSA) is 74.3 Å². The number of methoxy groups -OCH3 is 1. The Bertz CT molecular complexity index is 1390. The van der Waals surface area contributed by atoms with Gasteiger partial charge in [0, 0.05) is 5.92 Å². The molecule has 2 aliphatic heterocycles. The first-order chi connectivity index (χ1) is 18.6. The molecule has 3 aromatic rings. The number of fused-ring (bicyclic) bond motifs is 4. The van der Waals surface area contributed by atoms with Crippen molar-refractivity contribution >= 4 is 24.9 Å². The summed E-state index contributed by atoms with van der Waals surface area (Å²) >= 11 is 0. The van der Waals surface area contributed by atoms with E-state index >= 15 is 0 Å². The summed E-state index contributed by atoms with van der Waals surface area (Å²) in [4.78, 5) is 28.5. The van der Waals surface area contributed by atoms with Crippen molar-refractivity contribution in [3.63, 3.8) is 0 Å². The average Bonchev–Trinajstić information content (AvgIpc) is 3.51. The van der Waals surface area contributed by atoms with Crippen LogP contribution in [-0.4, -0.2) is 50.1 Å². The SMILES string of the molecule is COC(=O)C1[C@@H](B2OC(C)(C)C(C)(C)O2)c2ccccc2N1C(=O)OCC1c2ccccc2-c2ccccc21. The number of nitrogens with zero attached hydrogens (tertiary/aromatic N) is 1. The summed E-state index contributed by atoms with van der Waals surface area (Å²) in [6.07, 6.45) is -0.612. The van der Waals surface area contributed by atoms with Gasteiger partial charge in [0.2, 0.25) is 0 Å². The van der Waals surface area contributed by atoms with Crippen molar-refractivity contribution in [2.75, 3.05) is 18.6 Å². The van der Waals surface area contributed by atoms with Crippen LogP contribution in [0.3, 0.4) is 0 Å². The first-order valence-corrected chi connectivity index (χ1v) is 13.3. The lowest BCUT2D eigenvalue weighted by atomic mass is 9.65. The molecule has 8 heteroatoms. The maximum Gasteiger partial charge on any atom is 0.468 e. The highest BCUT2D eigenvalue weighted by Gasteiger charge is 2.61. The molecule has 39 heavy (non-hydrogen) atoms. The molecule has 0 N–H and O–H groups in total. The Labute approximate surface area is 229 Å². The molecule has 0 bridgehead atoms. The minimum Gasteiger partial charge on any atom is -0.467 e. The van der Waals surface area contributed by atoms with E-state index in [1.165, 1.54) is 12.0 Å². The molecule has 1 fully saturated rings. The van der Waals surface area contributed by atoms with Crippen LogP contribution < -0.4 is 4.90 Å². The second-order valence-corrected chi connectivity index (χ2v) is 11.4. The molecule has 200 valence electrons. The van der Waals surface area contributed by atoms with Crippen LogP contribution in [0.2, 0.25) is 0 Å². The molecule has 2 heterocycles. The number of amides is 1. The molecule has 1 unspecified atom stereocenters. The highest BCUT2D eigenvalue weighted by Crippen LogP contribution is 2.49. The Morgan fingerprint density at radius 2 is 1.33 bits per heavy atom. The Kier molecular flexibility index (Phi) is 6.08. The predicted molar refractivity (Wildman–Crippen MR) is 149 cm³/mol. The van der Waals surface area contributed by atoms with E-state index in [1.807, 2.05) is 76.2 Å². The quantitative estimate of drug-likeness (QED) is 0.321. The molecule has 3 aromatic carbocycles. The van der Waals surface area contributed by atoms with Crippen LogP contribution in [0.4, 0.5) is 10.5 Å². The average molecular weight is 525 g/mol. The number of rotatable bonds is 4. The maximum absolute atomic E-state index is 13.8. The van der Waals surface area contributed by atoms with Gasteiger partial charge in [-0.05, 0) is 61.6 Å². The van der Waals surface area contributed by atoms with Gasteiger partial charge in [-0.2, -0.15) is 0 Å². The van der Waals surface area contributed by atoms with Gasteiger partial charge < -0.3 is 18.8 Å². The zero-order valence-electron chi connectivity index (χ0n) is 22.8. The van der Waals surface area contributed by atoms with Gasteiger partial charge >= 0.3 is 19.2 Å². The summed E-state index contributed by atoms with van der Waals surface area (Å²) in [6.45, 7) is 7.99. The molecule has 0 aromatic heterocycles. The number of ether oxygens (including phenoxy) is 2. The van der Waals surface area contributed by atoms with E-state index < -0.39 is 42.2 Å². The van der Waals surface area contributed by atoms with Crippen molar-refractivity contribution in [3.8, 4) is 11.1 Å². The zero-order chi connectivity index (χ0) is 27.5. The fourth-order valence-corrected chi connectivity index (χ4v) is 6.05. The largest absolute Gasteiger partial charge is 0.468 e. The number of carbonyl (C=O) groups is 2. The Balaban J connectivity index is 1.32. The number of hydrogen-bond donors (Lipinski definition) is 0. The molecule has 0 radical (unpaired) electrons. The molecule has 7 nitrogen and oxygen atoms in total. The number of anilines is 1. The summed E-state index contributed by atoms with van der Waals surface area (Å²) < 4.78 is 23.9. The molecule has 1 aliphatic carbocycles. The third kappa shape index (κ3) is 3.96. The summed E-state index contributed by atoms with van der Waals surface area (Å²) in [5, 5.41) is 0. The molecule has 2 atom stereocenters. The second-order valence-electron chi connectivity index (χ2n) is 11.4. The minimum atomic E-state index is -1.00. The van der Waals surface area contributed by atoms with E-state index in [0.29, 0.717) is 5.69 Å². The summed E-state index contributed by atoms with van der Waals surface area (Å²) in [7, 11) is 0.564. The summed E-state index contributed by atoms with van der Waals surface area (Å²) in [5.41, 5.74) is 4.68. The van der Waals surface area contributed by atoms with Gasteiger partial charge in [0.15, 0.2) is 0 Å². The van der Waals surface area contributed by atoms with Gasteiger partial charge in [0.25, 0.3) is 0 Å². The molecule has 1 amide bonds. The van der Waals surface area contributed by atoms with Crippen molar-refractivity contribution in [2.24, 2.45) is 0 Å². The molecule has 1 saturated heterocycles. The highest BCUT2D eigenvalue weighted by atomic mass is 16.7. The van der Waals surface area contributed by atoms with E-state index in [9.17, 15) is 9.59 Å². The first-order valence-electron chi connectivity index (χ1n) is 13.3. The number of esters is 1. The maximum atomic E-state index is 13.8. The summed E-state index contributed by atoms with van der Waals surface area (Å²) in [5.74, 6) is -1.25. The number of hydrogen-bond acceptors (Lipinski definition) is 6. The smallest absolute Gasteiger partial charge is 0.467 e. The number of carbonyl (C=O) groups excluding carboxylic acids is 2. The fraction of sp³-hybridized carbons (Fsp3) is 0.355. The highest BCUT2D eigenvalue weighted by molar-refractivity contribution is 6.49. The second kappa shape index (κ2) is 9.24. The molecular formula is C31H32BNO6. The summed E-state index contributed by atoms with van der Waals surface area (Å²) in [6, 6.07) is 22.8. The standard InChI is InChI=1S/C31H32BNO6/c1-30(2)31(3,4)39-32(38-30)26-23-16-10-11-17-25(23)33(27(26)28(34)36-5)29(35)37-18-24-21-14-8-6-12-19(21)20-13-7-9-15-22(20)24/h6-17,24,26-27H,18H2,1-5H3/t26-,27?/m0/s1. The van der Waals surface area contributed by atoms with Gasteiger partial charge in [-0.3, -0.25) is 4.90 Å². The molecular weight excluding hydrogens is 493 g/mol. The van der Waals surface area contributed by atoms with Crippen molar-refractivity contribution in [2.45, 2.75) is 56.7 Å². The van der Waals surface area contributed by atoms with Crippen LogP contribution in [0.1, 0.15) is 56.1 Å². The predicted octanol–water partition coefficient (Wildman–Crippen LogP) is 5.71. The van der Waals surface area contributed by atoms with Gasteiger partial charge in [-0.1, -0.05) is 66.7 Å². The number of para-hydroxylation sites is 1. The van der Waals surface area contributed by atoms with Crippen molar-refractivity contribution in [1.29, 1.82) is 0 Å². The van der Waals surface area contributed by atoms with E-state index in [-0.39, 0.29) is 12.5 Å². The van der Waals surface area contributed by atoms with Crippen molar-refractivity contribution in [3.05, 3.63) is 89.5 Å². The monoisotopic (exact) mass is 525 g/mol. The van der Waals surface area contributed by atoms with Crippen LogP contribution in [0, 0.1) is 0 Å². The van der Waals surface area contributed by atoms with Gasteiger partial charge in [0.05, 0.1) is 29.8 Å². The van der Waals surface area contributed by atoms with E-state index in [4.69, 9.17) is 18.8 Å². The van der Waals surface area contributed by atoms with Crippen molar-refractivity contribution < 1.29 is 28.4 Å². The normalized spacial score (nSPS) is 22.3. The third-order valence-electron chi connectivity index (χ3n) is 8.71. The van der Waals surface area contributed by atoms with Crippen LogP contribution in [0.5, 0.6) is 0 Å². The molecule has 0 saturated carbocycles. The van der Waals surface area contributed by atoms with Gasteiger partial charge in [-0.15, -0.1) is 0 Å². The number of benzene rings is 3. The fourth-order valence-electron chi connectivity index (χ4n) is 6.05. The van der Waals surface area contributed by atoms with E-state index in [2.05, 4.69) is 24.3 Å². The zero-order valence-corrected chi connectivity index (χ0v) is 22.8. The van der Waals surface area contributed by atoms with Gasteiger partial charge in [0.1, 0.15) is 12.6 Å². The Morgan fingerprint density at radius 3 is 1.90 bits per heavy atom. The molecule has 6 rings (SSSR count). The first kappa shape index (κ1) is 25.7. The van der Waals surface area contributed by atoms with Crippen LogP contribution in [-0.2, 0) is 23.6 Å². The molecule has 3 aliphatic rings. The van der Waals surface area contributed by atoms with Crippen molar-refractivity contribution in [1.82, 2.24) is 0 Å². The van der Waals surface area contributed by atoms with Crippen LogP contribution in [0.15, 0.2) is 72.8 Å². The minimum absolute atomic E-state index is 0.102.